The van der Waals surface area contributed by atoms with Crippen molar-refractivity contribution in [3.05, 3.63) is 83.7 Å². The summed E-state index contributed by atoms with van der Waals surface area (Å²) in [5.74, 6) is 0.0277. The highest BCUT2D eigenvalue weighted by Crippen LogP contribution is 2.27. The molecule has 0 unspecified atom stereocenters. The number of nitrogens with zero attached hydrogens (tertiary/aromatic N) is 4. The number of thioether (sulfide) groups is 1. The average Bonchev–Trinajstić information content (AvgIpc) is 3.19. The quantitative estimate of drug-likeness (QED) is 0.216. The summed E-state index contributed by atoms with van der Waals surface area (Å²) in [7, 11) is 1.64. The van der Waals surface area contributed by atoms with Crippen molar-refractivity contribution in [3.63, 3.8) is 0 Å². The second-order valence-corrected chi connectivity index (χ2v) is 8.36. The van der Waals surface area contributed by atoms with E-state index in [9.17, 15) is 9.18 Å². The molecule has 0 spiro atoms. The van der Waals surface area contributed by atoms with Gasteiger partial charge in [-0.25, -0.2) is 9.97 Å². The van der Waals surface area contributed by atoms with Crippen LogP contribution in [-0.4, -0.2) is 45.7 Å². The SMILES string of the molecule is COCCCNC(=O)c1ccc(Cn2c(SCc3ccc(F)nc3)nc3ccncc32)cc1. The van der Waals surface area contributed by atoms with Crippen molar-refractivity contribution in [2.45, 2.75) is 23.9 Å². The Bertz CT molecular complexity index is 1210. The lowest BCUT2D eigenvalue weighted by molar-refractivity contribution is 0.0948. The standard InChI is InChI=1S/C24H24FN5O2S/c1-32-12-2-10-27-23(31)19-6-3-17(4-7-19)15-30-21-14-26-11-9-20(21)29-24(30)33-16-18-5-8-22(25)28-13-18/h3-9,11,13-14H,2,10,12,15-16H2,1H3,(H,27,31). The number of methoxy groups -OCH3 is 1. The van der Waals surface area contributed by atoms with Gasteiger partial charge >= 0.3 is 0 Å². The molecule has 0 aliphatic heterocycles. The monoisotopic (exact) mass is 465 g/mol. The second kappa shape index (κ2) is 11.0. The van der Waals surface area contributed by atoms with Crippen LogP contribution in [0, 0.1) is 5.95 Å². The van der Waals surface area contributed by atoms with Crippen LogP contribution < -0.4 is 5.32 Å². The highest BCUT2D eigenvalue weighted by Gasteiger charge is 2.13. The molecular formula is C24H24FN5O2S. The lowest BCUT2D eigenvalue weighted by atomic mass is 10.1. The molecule has 170 valence electrons. The summed E-state index contributed by atoms with van der Waals surface area (Å²) in [5.41, 5.74) is 4.36. The van der Waals surface area contributed by atoms with E-state index in [0.29, 0.717) is 31.0 Å². The van der Waals surface area contributed by atoms with Crippen LogP contribution in [0.5, 0.6) is 0 Å². The maximum absolute atomic E-state index is 13.1. The van der Waals surface area contributed by atoms with Gasteiger partial charge in [-0.1, -0.05) is 30.0 Å². The number of carbonyl (C=O) groups is 1. The molecule has 0 saturated carbocycles. The van der Waals surface area contributed by atoms with Crippen LogP contribution in [-0.2, 0) is 17.0 Å². The zero-order valence-electron chi connectivity index (χ0n) is 18.2. The van der Waals surface area contributed by atoms with Gasteiger partial charge in [0.25, 0.3) is 5.91 Å². The average molecular weight is 466 g/mol. The van der Waals surface area contributed by atoms with Crippen LogP contribution in [0.4, 0.5) is 4.39 Å². The molecule has 1 amide bonds. The number of imidazole rings is 1. The van der Waals surface area contributed by atoms with Crippen molar-refractivity contribution in [2.75, 3.05) is 20.3 Å². The molecule has 0 aliphatic rings. The van der Waals surface area contributed by atoms with Crippen LogP contribution in [0.2, 0.25) is 0 Å². The first-order valence-corrected chi connectivity index (χ1v) is 11.5. The number of nitrogens with one attached hydrogen (secondary N) is 1. The van der Waals surface area contributed by atoms with E-state index in [1.54, 1.807) is 37.3 Å². The summed E-state index contributed by atoms with van der Waals surface area (Å²) in [6, 6.07) is 12.5. The van der Waals surface area contributed by atoms with E-state index in [0.717, 1.165) is 33.7 Å². The molecule has 0 radical (unpaired) electrons. The maximum Gasteiger partial charge on any atom is 0.251 e. The van der Waals surface area contributed by atoms with Gasteiger partial charge in [0.1, 0.15) is 0 Å². The molecule has 0 atom stereocenters. The molecule has 7 nitrogen and oxygen atoms in total. The zero-order chi connectivity index (χ0) is 23.0. The lowest BCUT2D eigenvalue weighted by Gasteiger charge is -2.10. The van der Waals surface area contributed by atoms with Gasteiger partial charge in [-0.3, -0.25) is 9.78 Å². The zero-order valence-corrected chi connectivity index (χ0v) is 19.0. The smallest absolute Gasteiger partial charge is 0.251 e. The Kier molecular flexibility index (Phi) is 7.64. The Labute approximate surface area is 195 Å². The van der Waals surface area contributed by atoms with Crippen molar-refractivity contribution in [1.82, 2.24) is 24.8 Å². The number of aromatic nitrogens is 4. The predicted octanol–water partition coefficient (Wildman–Crippen LogP) is 4.07. The molecule has 3 heterocycles. The van der Waals surface area contributed by atoms with Gasteiger partial charge in [0.2, 0.25) is 5.95 Å². The molecule has 0 aliphatic carbocycles. The Morgan fingerprint density at radius 3 is 2.70 bits per heavy atom. The molecule has 1 aromatic carbocycles. The highest BCUT2D eigenvalue weighted by atomic mass is 32.2. The van der Waals surface area contributed by atoms with Crippen LogP contribution in [0.3, 0.4) is 0 Å². The summed E-state index contributed by atoms with van der Waals surface area (Å²) >= 11 is 1.56. The molecule has 4 rings (SSSR count). The van der Waals surface area contributed by atoms with Crippen molar-refractivity contribution >= 4 is 28.7 Å². The summed E-state index contributed by atoms with van der Waals surface area (Å²) in [5, 5.41) is 3.73. The third-order valence-electron chi connectivity index (χ3n) is 5.04. The van der Waals surface area contributed by atoms with E-state index in [4.69, 9.17) is 9.72 Å². The third-order valence-corrected chi connectivity index (χ3v) is 6.09. The number of hydrogen-bond acceptors (Lipinski definition) is 6. The fourth-order valence-corrected chi connectivity index (χ4v) is 4.26. The number of carbonyl (C=O) groups excluding carboxylic acids is 1. The van der Waals surface area contributed by atoms with Gasteiger partial charge in [0.15, 0.2) is 5.16 Å². The van der Waals surface area contributed by atoms with Crippen LogP contribution >= 0.6 is 11.8 Å². The number of ether oxygens (including phenoxy) is 1. The van der Waals surface area contributed by atoms with Crippen LogP contribution in [0.1, 0.15) is 27.9 Å². The molecule has 1 N–H and O–H groups in total. The summed E-state index contributed by atoms with van der Waals surface area (Å²) in [4.78, 5) is 25.0. The van der Waals surface area contributed by atoms with Gasteiger partial charge in [0.05, 0.1) is 23.8 Å². The van der Waals surface area contributed by atoms with Gasteiger partial charge in [-0.05, 0) is 41.8 Å². The van der Waals surface area contributed by atoms with E-state index < -0.39 is 5.95 Å². The number of rotatable bonds is 10. The van der Waals surface area contributed by atoms with Crippen LogP contribution in [0.15, 0.2) is 66.2 Å². The molecule has 0 bridgehead atoms. The minimum Gasteiger partial charge on any atom is -0.385 e. The Balaban J connectivity index is 1.48. The molecule has 0 fully saturated rings. The first-order chi connectivity index (χ1) is 16.1. The Morgan fingerprint density at radius 1 is 1.12 bits per heavy atom. The first kappa shape index (κ1) is 22.9. The normalized spacial score (nSPS) is 11.1. The predicted molar refractivity (Wildman–Crippen MR) is 126 cm³/mol. The Morgan fingerprint density at radius 2 is 1.94 bits per heavy atom. The van der Waals surface area contributed by atoms with E-state index >= 15 is 0 Å². The number of pyridine rings is 2. The number of amides is 1. The fraction of sp³-hybridized carbons (Fsp3) is 0.250. The minimum absolute atomic E-state index is 0.0981. The molecule has 3 aromatic heterocycles. The largest absolute Gasteiger partial charge is 0.385 e. The molecular weight excluding hydrogens is 441 g/mol. The topological polar surface area (TPSA) is 81.9 Å². The molecule has 33 heavy (non-hydrogen) atoms. The Hall–Kier alpha value is -3.30. The van der Waals surface area contributed by atoms with Crippen molar-refractivity contribution < 1.29 is 13.9 Å². The molecule has 9 heteroatoms. The third kappa shape index (κ3) is 5.94. The molecule has 0 saturated heterocycles. The number of fused-ring (bicyclic) bond motifs is 1. The number of halogens is 1. The number of hydrogen-bond donors (Lipinski definition) is 1. The first-order valence-electron chi connectivity index (χ1n) is 10.5. The van der Waals surface area contributed by atoms with Gasteiger partial charge in [-0.15, -0.1) is 0 Å². The van der Waals surface area contributed by atoms with E-state index in [-0.39, 0.29) is 5.91 Å². The van der Waals surface area contributed by atoms with E-state index in [1.807, 2.05) is 30.3 Å². The number of benzene rings is 1. The van der Waals surface area contributed by atoms with Crippen molar-refractivity contribution in [2.24, 2.45) is 0 Å². The van der Waals surface area contributed by atoms with Gasteiger partial charge in [-0.2, -0.15) is 4.39 Å². The summed E-state index contributed by atoms with van der Waals surface area (Å²) in [6.45, 7) is 1.78. The lowest BCUT2D eigenvalue weighted by Crippen LogP contribution is -2.25. The fourth-order valence-electron chi connectivity index (χ4n) is 3.32. The summed E-state index contributed by atoms with van der Waals surface area (Å²) < 4.78 is 20.2. The summed E-state index contributed by atoms with van der Waals surface area (Å²) in [6.07, 6.45) is 5.83. The van der Waals surface area contributed by atoms with Gasteiger partial charge < -0.3 is 14.6 Å². The second-order valence-electron chi connectivity index (χ2n) is 7.42. The highest BCUT2D eigenvalue weighted by molar-refractivity contribution is 7.98. The van der Waals surface area contributed by atoms with E-state index in [2.05, 4.69) is 19.9 Å². The van der Waals surface area contributed by atoms with Crippen LogP contribution in [0.25, 0.3) is 11.0 Å². The maximum atomic E-state index is 13.1. The van der Waals surface area contributed by atoms with E-state index in [1.165, 1.54) is 12.3 Å². The van der Waals surface area contributed by atoms with Crippen molar-refractivity contribution in [3.8, 4) is 0 Å². The van der Waals surface area contributed by atoms with Crippen molar-refractivity contribution in [1.29, 1.82) is 0 Å². The van der Waals surface area contributed by atoms with Gasteiger partial charge in [0, 0.05) is 44.0 Å². The molecule has 4 aromatic rings. The minimum atomic E-state index is -0.492.